The average Bonchev–Trinajstić information content (AvgIpc) is 3.11. The number of aldehydes is 1. The molecule has 0 unspecified atom stereocenters. The molecule has 3 N–H and O–H groups in total. The van der Waals surface area contributed by atoms with Crippen LogP contribution in [-0.2, 0) is 6.54 Å². The first-order chi connectivity index (χ1) is 13.6. The summed E-state index contributed by atoms with van der Waals surface area (Å²) in [7, 11) is 1.62. The van der Waals surface area contributed by atoms with Gasteiger partial charge in [-0.3, -0.25) is 4.79 Å². The van der Waals surface area contributed by atoms with E-state index in [-0.39, 0.29) is 12.6 Å². The summed E-state index contributed by atoms with van der Waals surface area (Å²) in [6, 6.07) is 7.62. The molecule has 3 aromatic rings. The second-order valence-electron chi connectivity index (χ2n) is 5.85. The predicted molar refractivity (Wildman–Crippen MR) is 103 cm³/mol. The minimum absolute atomic E-state index is 0.0638. The minimum atomic E-state index is -0.0638. The van der Waals surface area contributed by atoms with Crippen LogP contribution in [0.2, 0.25) is 0 Å². The Morgan fingerprint density at radius 1 is 1.14 bits per heavy atom. The highest BCUT2D eigenvalue weighted by atomic mass is 16.5. The Morgan fingerprint density at radius 3 is 2.46 bits per heavy atom. The number of carbonyl (C=O) groups is 1. The second kappa shape index (κ2) is 8.91. The van der Waals surface area contributed by atoms with Gasteiger partial charge < -0.3 is 20.5 Å². The highest BCUT2D eigenvalue weighted by Crippen LogP contribution is 2.15. The molecule has 2 heterocycles. The monoisotopic (exact) mass is 383 g/mol. The number of nitrogens with zero attached hydrogens (tertiary/aromatic N) is 5. The van der Waals surface area contributed by atoms with Gasteiger partial charge in [0.25, 0.3) is 5.95 Å². The normalized spacial score (nSPS) is 10.5. The molecule has 28 heavy (non-hydrogen) atoms. The van der Waals surface area contributed by atoms with Gasteiger partial charge in [-0.1, -0.05) is 12.1 Å². The predicted octanol–water partition coefficient (Wildman–Crippen LogP) is 1.20. The van der Waals surface area contributed by atoms with Crippen LogP contribution in [0.3, 0.4) is 0 Å². The van der Waals surface area contributed by atoms with Crippen molar-refractivity contribution in [2.24, 2.45) is 0 Å². The molecule has 0 saturated carbocycles. The highest BCUT2D eigenvalue weighted by molar-refractivity contribution is 5.76. The van der Waals surface area contributed by atoms with Crippen LogP contribution in [0.15, 0.2) is 30.5 Å². The van der Waals surface area contributed by atoms with Crippen LogP contribution in [0.5, 0.6) is 5.75 Å². The summed E-state index contributed by atoms with van der Waals surface area (Å²) in [4.78, 5) is 24.1. The fraction of sp³-hybridized carbons (Fsp3) is 0.278. The number of anilines is 2. The van der Waals surface area contributed by atoms with E-state index in [1.165, 1.54) is 10.9 Å². The Balaban J connectivity index is 1.86. The first kappa shape index (κ1) is 19.2. The van der Waals surface area contributed by atoms with Crippen LogP contribution in [0, 0.1) is 6.92 Å². The molecule has 0 fully saturated rings. The second-order valence-corrected chi connectivity index (χ2v) is 5.85. The van der Waals surface area contributed by atoms with Gasteiger partial charge in [0.1, 0.15) is 5.75 Å². The van der Waals surface area contributed by atoms with Crippen molar-refractivity contribution in [3.05, 3.63) is 47.3 Å². The van der Waals surface area contributed by atoms with E-state index in [4.69, 9.17) is 9.84 Å². The van der Waals surface area contributed by atoms with E-state index < -0.39 is 0 Å². The van der Waals surface area contributed by atoms with Crippen LogP contribution in [0.25, 0.3) is 5.95 Å². The molecule has 2 aromatic heterocycles. The lowest BCUT2D eigenvalue weighted by molar-refractivity contribution is 0.112. The zero-order chi connectivity index (χ0) is 19.9. The highest BCUT2D eigenvalue weighted by Gasteiger charge is 2.13. The number of hydrogen-bond acceptors (Lipinski definition) is 9. The zero-order valence-corrected chi connectivity index (χ0v) is 15.6. The fourth-order valence-electron chi connectivity index (χ4n) is 2.45. The molecule has 0 radical (unpaired) electrons. The molecule has 146 valence electrons. The van der Waals surface area contributed by atoms with Crippen molar-refractivity contribution >= 4 is 18.2 Å². The molecule has 0 aliphatic heterocycles. The van der Waals surface area contributed by atoms with Crippen molar-refractivity contribution in [2.45, 2.75) is 13.5 Å². The minimum Gasteiger partial charge on any atom is -0.497 e. The van der Waals surface area contributed by atoms with Crippen molar-refractivity contribution in [2.75, 3.05) is 30.9 Å². The van der Waals surface area contributed by atoms with Crippen molar-refractivity contribution in [3.63, 3.8) is 0 Å². The van der Waals surface area contributed by atoms with Crippen molar-refractivity contribution < 1.29 is 14.6 Å². The first-order valence-electron chi connectivity index (χ1n) is 8.62. The summed E-state index contributed by atoms with van der Waals surface area (Å²) < 4.78 is 6.62. The smallest absolute Gasteiger partial charge is 0.257 e. The first-order valence-corrected chi connectivity index (χ1v) is 8.62. The number of benzene rings is 1. The summed E-state index contributed by atoms with van der Waals surface area (Å²) in [5, 5.41) is 19.3. The van der Waals surface area contributed by atoms with Gasteiger partial charge in [0.15, 0.2) is 6.29 Å². The third-order valence-corrected chi connectivity index (χ3v) is 3.99. The Kier molecular flexibility index (Phi) is 6.12. The van der Waals surface area contributed by atoms with E-state index >= 15 is 0 Å². The molecule has 10 nitrogen and oxygen atoms in total. The van der Waals surface area contributed by atoms with Crippen molar-refractivity contribution in [3.8, 4) is 11.7 Å². The molecule has 0 aliphatic rings. The van der Waals surface area contributed by atoms with Crippen LogP contribution in [-0.4, -0.2) is 56.4 Å². The van der Waals surface area contributed by atoms with Crippen LogP contribution >= 0.6 is 0 Å². The maximum atomic E-state index is 11.1. The molecular weight excluding hydrogens is 362 g/mol. The number of aliphatic hydroxyl groups excluding tert-OH is 1. The summed E-state index contributed by atoms with van der Waals surface area (Å²) >= 11 is 0. The number of ether oxygens (including phenoxy) is 1. The fourth-order valence-corrected chi connectivity index (χ4v) is 2.45. The van der Waals surface area contributed by atoms with Gasteiger partial charge >= 0.3 is 0 Å². The lowest BCUT2D eigenvalue weighted by Gasteiger charge is -2.11. The van der Waals surface area contributed by atoms with Gasteiger partial charge in [-0.25, -0.2) is 4.68 Å². The third kappa shape index (κ3) is 4.41. The van der Waals surface area contributed by atoms with Crippen molar-refractivity contribution in [1.82, 2.24) is 24.7 Å². The van der Waals surface area contributed by atoms with E-state index in [2.05, 4.69) is 30.7 Å². The van der Waals surface area contributed by atoms with Gasteiger partial charge in [-0.2, -0.15) is 20.1 Å². The van der Waals surface area contributed by atoms with Crippen molar-refractivity contribution in [1.29, 1.82) is 0 Å². The largest absolute Gasteiger partial charge is 0.497 e. The zero-order valence-electron chi connectivity index (χ0n) is 15.6. The Hall–Kier alpha value is -3.53. The molecule has 0 spiro atoms. The van der Waals surface area contributed by atoms with E-state index in [1.807, 2.05) is 24.3 Å². The maximum absolute atomic E-state index is 11.1. The van der Waals surface area contributed by atoms with Gasteiger partial charge in [0.05, 0.1) is 31.2 Å². The number of aliphatic hydroxyl groups is 1. The van der Waals surface area contributed by atoms with E-state index in [0.29, 0.717) is 36.2 Å². The lowest BCUT2D eigenvalue weighted by Crippen LogP contribution is -2.15. The number of carbonyl (C=O) groups excluding carboxylic acids is 1. The number of aromatic nitrogens is 5. The van der Waals surface area contributed by atoms with E-state index in [0.717, 1.165) is 17.6 Å². The molecule has 1 aromatic carbocycles. The van der Waals surface area contributed by atoms with Crippen LogP contribution in [0.1, 0.15) is 21.6 Å². The summed E-state index contributed by atoms with van der Waals surface area (Å²) in [6.45, 7) is 2.47. The van der Waals surface area contributed by atoms with Crippen LogP contribution < -0.4 is 15.4 Å². The standard InChI is InChI=1S/C18H21N7O3/c1-12-14(11-27)10-21-25(12)18-23-16(19-7-8-26)22-17(24-18)20-9-13-3-5-15(28-2)6-4-13/h3-6,10-11,26H,7-9H2,1-2H3,(H2,19,20,22,23,24). The number of methoxy groups -OCH3 is 1. The maximum Gasteiger partial charge on any atom is 0.257 e. The molecule has 10 heteroatoms. The Labute approximate surface area is 161 Å². The third-order valence-electron chi connectivity index (χ3n) is 3.99. The molecule has 0 amide bonds. The molecular formula is C18H21N7O3. The van der Waals surface area contributed by atoms with E-state index in [9.17, 15) is 4.79 Å². The summed E-state index contributed by atoms with van der Waals surface area (Å²) in [6.07, 6.45) is 2.19. The Bertz CT molecular complexity index is 941. The topological polar surface area (TPSA) is 127 Å². The number of nitrogens with one attached hydrogen (secondary N) is 2. The van der Waals surface area contributed by atoms with Crippen LogP contribution in [0.4, 0.5) is 11.9 Å². The molecule has 3 rings (SSSR count). The number of hydrogen-bond donors (Lipinski definition) is 3. The molecule has 0 saturated heterocycles. The summed E-state index contributed by atoms with van der Waals surface area (Å²) in [5.74, 6) is 1.67. The van der Waals surface area contributed by atoms with Gasteiger partial charge in [-0.05, 0) is 24.6 Å². The average molecular weight is 383 g/mol. The van der Waals surface area contributed by atoms with Gasteiger partial charge in [0, 0.05) is 13.1 Å². The SMILES string of the molecule is COc1ccc(CNc2nc(NCCO)nc(-n3ncc(C=O)c3C)n2)cc1. The molecule has 0 atom stereocenters. The quantitative estimate of drug-likeness (QED) is 0.467. The molecule has 0 aliphatic carbocycles. The van der Waals surface area contributed by atoms with Gasteiger partial charge in [-0.15, -0.1) is 0 Å². The van der Waals surface area contributed by atoms with E-state index in [1.54, 1.807) is 14.0 Å². The Morgan fingerprint density at radius 2 is 1.86 bits per heavy atom. The lowest BCUT2D eigenvalue weighted by atomic mass is 10.2. The number of rotatable bonds is 9. The van der Waals surface area contributed by atoms with Gasteiger partial charge in [0.2, 0.25) is 11.9 Å². The molecule has 0 bridgehead atoms. The summed E-state index contributed by atoms with van der Waals surface area (Å²) in [5.41, 5.74) is 2.10.